The lowest BCUT2D eigenvalue weighted by atomic mass is 9.99. The summed E-state index contributed by atoms with van der Waals surface area (Å²) in [6, 6.07) is 11.6. The average molecular weight is 287 g/mol. The van der Waals surface area contributed by atoms with Crippen LogP contribution in [0.3, 0.4) is 0 Å². The minimum absolute atomic E-state index is 0.0684. The summed E-state index contributed by atoms with van der Waals surface area (Å²) in [7, 11) is 0. The van der Waals surface area contributed by atoms with Crippen molar-refractivity contribution in [1.82, 2.24) is 5.32 Å². The first-order valence-electron chi connectivity index (χ1n) is 7.11. The van der Waals surface area contributed by atoms with E-state index in [1.165, 1.54) is 11.8 Å². The monoisotopic (exact) mass is 287 g/mol. The third kappa shape index (κ3) is 4.46. The van der Waals surface area contributed by atoms with E-state index in [9.17, 15) is 9.90 Å². The van der Waals surface area contributed by atoms with Gasteiger partial charge in [0.15, 0.2) is 0 Å². The number of benzene rings is 1. The van der Waals surface area contributed by atoms with Crippen molar-refractivity contribution in [2.75, 3.05) is 6.54 Å². The van der Waals surface area contributed by atoms with Gasteiger partial charge in [-0.2, -0.15) is 0 Å². The molecule has 2 N–H and O–H groups in total. The Labute approximate surface area is 124 Å². The molecule has 2 rings (SSSR count). The highest BCUT2D eigenvalue weighted by molar-refractivity contribution is 5.78. The minimum Gasteiger partial charge on any atom is -0.467 e. The lowest BCUT2D eigenvalue weighted by Gasteiger charge is -2.14. The largest absolute Gasteiger partial charge is 0.467 e. The molecule has 1 aromatic heterocycles. The normalized spacial score (nSPS) is 13.7. The smallest absolute Gasteiger partial charge is 0.223 e. The second-order valence-electron chi connectivity index (χ2n) is 5.37. The van der Waals surface area contributed by atoms with Crippen molar-refractivity contribution in [2.45, 2.75) is 26.4 Å². The highest BCUT2D eigenvalue weighted by atomic mass is 16.4. The van der Waals surface area contributed by atoms with Gasteiger partial charge in [0.1, 0.15) is 11.9 Å². The third-order valence-electron chi connectivity index (χ3n) is 3.45. The van der Waals surface area contributed by atoms with Crippen LogP contribution in [-0.4, -0.2) is 17.6 Å². The number of rotatable bonds is 6. The van der Waals surface area contributed by atoms with Crippen molar-refractivity contribution in [2.24, 2.45) is 5.92 Å². The Morgan fingerprint density at radius 2 is 2.00 bits per heavy atom. The first-order chi connectivity index (χ1) is 10.1. The summed E-state index contributed by atoms with van der Waals surface area (Å²) in [5.74, 6) is 0.249. The maximum atomic E-state index is 12.0. The Hall–Kier alpha value is -2.07. The van der Waals surface area contributed by atoms with Crippen molar-refractivity contribution in [3.8, 4) is 0 Å². The maximum Gasteiger partial charge on any atom is 0.223 e. The molecule has 0 aliphatic heterocycles. The second kappa shape index (κ2) is 7.09. The Bertz CT molecular complexity index is 560. The van der Waals surface area contributed by atoms with E-state index in [1.54, 1.807) is 12.1 Å². The average Bonchev–Trinajstić information content (AvgIpc) is 3.01. The summed E-state index contributed by atoms with van der Waals surface area (Å²) < 4.78 is 5.09. The lowest BCUT2D eigenvalue weighted by Crippen LogP contribution is -2.33. The molecule has 1 aromatic carbocycles. The van der Waals surface area contributed by atoms with Crippen molar-refractivity contribution >= 4 is 5.91 Å². The fourth-order valence-corrected chi connectivity index (χ4v) is 2.12. The molecule has 0 radical (unpaired) electrons. The van der Waals surface area contributed by atoms with Crippen LogP contribution in [0.5, 0.6) is 0 Å². The SMILES string of the molecule is Cc1ccc(CC(C)C(=O)NCC(O)c2ccco2)cc1. The standard InChI is InChI=1S/C17H21NO3/c1-12-5-7-14(8-6-12)10-13(2)17(20)18-11-15(19)16-4-3-9-21-16/h3-9,13,15,19H,10-11H2,1-2H3,(H,18,20). The molecule has 2 atom stereocenters. The Morgan fingerprint density at radius 3 is 2.62 bits per heavy atom. The van der Waals surface area contributed by atoms with Gasteiger partial charge in [-0.05, 0) is 31.0 Å². The molecule has 21 heavy (non-hydrogen) atoms. The first-order valence-corrected chi connectivity index (χ1v) is 7.11. The quantitative estimate of drug-likeness (QED) is 0.858. The number of carbonyl (C=O) groups is 1. The van der Waals surface area contributed by atoms with Crippen LogP contribution >= 0.6 is 0 Å². The molecular formula is C17H21NO3. The van der Waals surface area contributed by atoms with Crippen LogP contribution in [0.4, 0.5) is 0 Å². The molecule has 0 fully saturated rings. The van der Waals surface area contributed by atoms with E-state index in [-0.39, 0.29) is 18.4 Å². The highest BCUT2D eigenvalue weighted by Gasteiger charge is 2.16. The van der Waals surface area contributed by atoms with Gasteiger partial charge in [0.25, 0.3) is 0 Å². The Balaban J connectivity index is 1.81. The van der Waals surface area contributed by atoms with Crippen LogP contribution in [0.25, 0.3) is 0 Å². The number of furan rings is 1. The van der Waals surface area contributed by atoms with E-state index in [0.717, 1.165) is 5.56 Å². The van der Waals surface area contributed by atoms with Gasteiger partial charge in [0.2, 0.25) is 5.91 Å². The number of hydrogen-bond acceptors (Lipinski definition) is 3. The van der Waals surface area contributed by atoms with Crippen molar-refractivity contribution in [1.29, 1.82) is 0 Å². The summed E-state index contributed by atoms with van der Waals surface area (Å²) in [6.45, 7) is 4.08. The number of aliphatic hydroxyl groups is 1. The Morgan fingerprint density at radius 1 is 1.29 bits per heavy atom. The summed E-state index contributed by atoms with van der Waals surface area (Å²) in [4.78, 5) is 12.0. The molecule has 112 valence electrons. The van der Waals surface area contributed by atoms with E-state index < -0.39 is 6.10 Å². The summed E-state index contributed by atoms with van der Waals surface area (Å²) in [5, 5.41) is 12.6. The predicted octanol–water partition coefficient (Wildman–Crippen LogP) is 2.62. The molecule has 0 aliphatic rings. The molecule has 1 heterocycles. The Kier molecular flexibility index (Phi) is 5.17. The molecule has 4 heteroatoms. The van der Waals surface area contributed by atoms with Gasteiger partial charge >= 0.3 is 0 Å². The van der Waals surface area contributed by atoms with Gasteiger partial charge in [-0.1, -0.05) is 36.8 Å². The zero-order valence-electron chi connectivity index (χ0n) is 12.4. The summed E-state index contributed by atoms with van der Waals surface area (Å²) >= 11 is 0. The first kappa shape index (κ1) is 15.3. The van der Waals surface area contributed by atoms with Crippen LogP contribution in [0.15, 0.2) is 47.1 Å². The molecule has 2 aromatic rings. The number of carbonyl (C=O) groups excluding carboxylic acids is 1. The summed E-state index contributed by atoms with van der Waals surface area (Å²) in [6.07, 6.45) is 1.37. The van der Waals surface area contributed by atoms with Gasteiger partial charge in [0, 0.05) is 5.92 Å². The minimum atomic E-state index is -0.810. The van der Waals surface area contributed by atoms with Crippen LogP contribution in [0, 0.1) is 12.8 Å². The number of amides is 1. The zero-order chi connectivity index (χ0) is 15.2. The molecule has 1 amide bonds. The summed E-state index contributed by atoms with van der Waals surface area (Å²) in [5.41, 5.74) is 2.34. The molecule has 0 bridgehead atoms. The fourth-order valence-electron chi connectivity index (χ4n) is 2.12. The topological polar surface area (TPSA) is 62.5 Å². The van der Waals surface area contributed by atoms with E-state index in [0.29, 0.717) is 12.2 Å². The van der Waals surface area contributed by atoms with Gasteiger partial charge < -0.3 is 14.8 Å². The third-order valence-corrected chi connectivity index (χ3v) is 3.45. The van der Waals surface area contributed by atoms with E-state index >= 15 is 0 Å². The van der Waals surface area contributed by atoms with E-state index in [2.05, 4.69) is 5.32 Å². The molecule has 0 aliphatic carbocycles. The van der Waals surface area contributed by atoms with Crippen molar-refractivity contribution in [3.63, 3.8) is 0 Å². The van der Waals surface area contributed by atoms with Gasteiger partial charge in [-0.3, -0.25) is 4.79 Å². The maximum absolute atomic E-state index is 12.0. The molecule has 2 unspecified atom stereocenters. The molecular weight excluding hydrogens is 266 g/mol. The van der Waals surface area contributed by atoms with E-state index in [4.69, 9.17) is 4.42 Å². The predicted molar refractivity (Wildman–Crippen MR) is 80.7 cm³/mol. The number of hydrogen-bond donors (Lipinski definition) is 2. The number of aliphatic hydroxyl groups excluding tert-OH is 1. The highest BCUT2D eigenvalue weighted by Crippen LogP contribution is 2.13. The van der Waals surface area contributed by atoms with Crippen molar-refractivity contribution < 1.29 is 14.3 Å². The van der Waals surface area contributed by atoms with Crippen LogP contribution in [0.1, 0.15) is 29.9 Å². The van der Waals surface area contributed by atoms with Crippen LogP contribution in [-0.2, 0) is 11.2 Å². The van der Waals surface area contributed by atoms with E-state index in [1.807, 2.05) is 38.1 Å². The van der Waals surface area contributed by atoms with Gasteiger partial charge in [0.05, 0.1) is 12.8 Å². The molecule has 0 saturated carbocycles. The number of aryl methyl sites for hydroxylation is 1. The van der Waals surface area contributed by atoms with Crippen LogP contribution < -0.4 is 5.32 Å². The van der Waals surface area contributed by atoms with Crippen molar-refractivity contribution in [3.05, 3.63) is 59.5 Å². The van der Waals surface area contributed by atoms with Gasteiger partial charge in [-0.15, -0.1) is 0 Å². The number of nitrogens with one attached hydrogen (secondary N) is 1. The van der Waals surface area contributed by atoms with Crippen LogP contribution in [0.2, 0.25) is 0 Å². The second-order valence-corrected chi connectivity index (χ2v) is 5.37. The molecule has 0 spiro atoms. The lowest BCUT2D eigenvalue weighted by molar-refractivity contribution is -0.125. The molecule has 4 nitrogen and oxygen atoms in total. The fraction of sp³-hybridized carbons (Fsp3) is 0.353. The zero-order valence-corrected chi connectivity index (χ0v) is 12.4. The van der Waals surface area contributed by atoms with Gasteiger partial charge in [-0.25, -0.2) is 0 Å². The molecule has 0 saturated heterocycles.